The number of dihydropyridines is 1. The topological polar surface area (TPSA) is 86.6 Å². The number of aryl methyl sites for hydroxylation is 2. The Balaban J connectivity index is 1.57. The highest BCUT2D eigenvalue weighted by molar-refractivity contribution is 7.15. The van der Waals surface area contributed by atoms with Crippen molar-refractivity contribution in [3.8, 4) is 5.00 Å². The molecule has 0 spiro atoms. The number of esters is 2. The number of carbonyl (C=O) groups excluding carboxylic acids is 3. The third-order valence-electron chi connectivity index (χ3n) is 8.27. The average Bonchev–Trinajstić information content (AvgIpc) is 3.56. The van der Waals surface area contributed by atoms with Crippen LogP contribution in [0.4, 0.5) is 0 Å². The number of nitrogens with zero attached hydrogens (tertiary/aromatic N) is 1. The number of carbonyl (C=O) groups is 3. The maximum Gasteiger partial charge on any atom is 0.341 e. The summed E-state index contributed by atoms with van der Waals surface area (Å²) in [5, 5.41) is 4.19. The number of fused-ring (bicyclic) bond motifs is 3. The minimum atomic E-state index is -0.621. The number of benzene rings is 1. The van der Waals surface area contributed by atoms with Crippen molar-refractivity contribution in [1.82, 2.24) is 9.88 Å². The molecular weight excluding hydrogens is 524 g/mol. The van der Waals surface area contributed by atoms with Crippen LogP contribution in [-0.2, 0) is 27.1 Å². The van der Waals surface area contributed by atoms with Gasteiger partial charge in [-0.15, -0.1) is 11.3 Å². The number of Topliss-reactive ketones (excluding diaryl/α,β-unsaturated/α-hetero) is 1. The number of hydrogen-bond donors (Lipinski definition) is 1. The van der Waals surface area contributed by atoms with Gasteiger partial charge in [0.1, 0.15) is 5.00 Å². The van der Waals surface area contributed by atoms with Gasteiger partial charge in [0.05, 0.1) is 36.5 Å². The molecule has 8 heteroatoms. The summed E-state index contributed by atoms with van der Waals surface area (Å²) in [4.78, 5) is 41.6. The molecule has 3 heterocycles. The second kappa shape index (κ2) is 9.93. The summed E-state index contributed by atoms with van der Waals surface area (Å²) in [6.07, 6.45) is 3.96. The normalized spacial score (nSPS) is 17.8. The molecule has 1 aromatic carbocycles. The standard InChI is InChI=1S/C32H32N2O5S/c1-6-39-32(37)26-21-13-9-10-14-23(21)40-30(26)34-16(2)15-22(18(34)4)25-24(31(36)38-5)17(3)33-28-19-11-7-8-12-20(19)29(35)27(25)28/h7-8,11-12,15,25,33H,6,9-10,13-14H2,1-5H3/t25-/m0/s1. The lowest BCUT2D eigenvalue weighted by Crippen LogP contribution is -2.29. The number of methoxy groups -OCH3 is 1. The number of rotatable bonds is 5. The number of hydrogen-bond acceptors (Lipinski definition) is 7. The zero-order valence-electron chi connectivity index (χ0n) is 23.4. The van der Waals surface area contributed by atoms with Crippen LogP contribution in [0.5, 0.6) is 0 Å². The van der Waals surface area contributed by atoms with Crippen LogP contribution in [0.15, 0.2) is 47.2 Å². The Hall–Kier alpha value is -3.91. The fourth-order valence-corrected chi connectivity index (χ4v) is 8.02. The molecule has 7 nitrogen and oxygen atoms in total. The first-order chi connectivity index (χ1) is 19.3. The van der Waals surface area contributed by atoms with E-state index in [1.165, 1.54) is 12.0 Å². The Kier molecular flexibility index (Phi) is 6.53. The maximum atomic E-state index is 13.9. The fraction of sp³-hybridized carbons (Fsp3) is 0.344. The van der Waals surface area contributed by atoms with Crippen molar-refractivity contribution in [2.45, 2.75) is 59.3 Å². The molecule has 206 valence electrons. The van der Waals surface area contributed by atoms with Crippen molar-refractivity contribution in [3.05, 3.63) is 91.3 Å². The fourth-order valence-electron chi connectivity index (χ4n) is 6.54. The first kappa shape index (κ1) is 26.3. The first-order valence-corrected chi connectivity index (χ1v) is 14.5. The van der Waals surface area contributed by atoms with Gasteiger partial charge in [0.25, 0.3) is 0 Å². The minimum Gasteiger partial charge on any atom is -0.466 e. The number of allylic oxidation sites excluding steroid dienone is 2. The third kappa shape index (κ3) is 3.80. The SMILES string of the molecule is CCOC(=O)c1c(-n2c(C)cc([C@H]3C(C(=O)OC)=C(C)NC4=C3C(=O)c3ccccc34)c2C)sc2c1CCCC2. The number of ketones is 1. The van der Waals surface area contributed by atoms with E-state index < -0.39 is 11.9 Å². The Morgan fingerprint density at radius 1 is 1.07 bits per heavy atom. The number of ether oxygens (including phenoxy) is 2. The summed E-state index contributed by atoms with van der Waals surface area (Å²) in [7, 11) is 1.36. The molecule has 0 saturated heterocycles. The predicted octanol–water partition coefficient (Wildman–Crippen LogP) is 5.95. The number of nitrogens with one attached hydrogen (secondary N) is 1. The highest BCUT2D eigenvalue weighted by atomic mass is 32.1. The quantitative estimate of drug-likeness (QED) is 0.391. The van der Waals surface area contributed by atoms with Crippen LogP contribution in [0.3, 0.4) is 0 Å². The van der Waals surface area contributed by atoms with Crippen molar-refractivity contribution in [1.29, 1.82) is 0 Å². The van der Waals surface area contributed by atoms with Crippen molar-refractivity contribution >= 4 is 34.8 Å². The average molecular weight is 557 g/mol. The highest BCUT2D eigenvalue weighted by Gasteiger charge is 2.44. The van der Waals surface area contributed by atoms with Crippen LogP contribution in [0.1, 0.15) is 86.3 Å². The molecule has 3 aromatic rings. The Labute approximate surface area is 237 Å². The molecule has 3 aliphatic rings. The molecule has 2 aliphatic carbocycles. The second-order valence-electron chi connectivity index (χ2n) is 10.5. The zero-order valence-corrected chi connectivity index (χ0v) is 24.2. The molecule has 0 saturated carbocycles. The summed E-state index contributed by atoms with van der Waals surface area (Å²) in [5.74, 6) is -1.50. The van der Waals surface area contributed by atoms with Gasteiger partial charge in [-0.25, -0.2) is 9.59 Å². The van der Waals surface area contributed by atoms with Crippen molar-refractivity contribution in [2.75, 3.05) is 13.7 Å². The van der Waals surface area contributed by atoms with E-state index in [2.05, 4.69) is 9.88 Å². The van der Waals surface area contributed by atoms with Crippen LogP contribution in [0.25, 0.3) is 10.7 Å². The summed E-state index contributed by atoms with van der Waals surface area (Å²) >= 11 is 1.65. The zero-order chi connectivity index (χ0) is 28.3. The number of aromatic nitrogens is 1. The van der Waals surface area contributed by atoms with Crippen LogP contribution in [-0.4, -0.2) is 36.0 Å². The van der Waals surface area contributed by atoms with E-state index in [-0.39, 0.29) is 11.8 Å². The van der Waals surface area contributed by atoms with E-state index in [1.807, 2.05) is 58.0 Å². The molecule has 0 bridgehead atoms. The van der Waals surface area contributed by atoms with Crippen LogP contribution < -0.4 is 5.32 Å². The largest absolute Gasteiger partial charge is 0.466 e. The van der Waals surface area contributed by atoms with E-state index >= 15 is 0 Å². The minimum absolute atomic E-state index is 0.0967. The molecule has 0 amide bonds. The lowest BCUT2D eigenvalue weighted by molar-refractivity contribution is -0.136. The van der Waals surface area contributed by atoms with Gasteiger partial charge in [-0.05, 0) is 70.6 Å². The molecule has 0 radical (unpaired) electrons. The van der Waals surface area contributed by atoms with E-state index in [0.717, 1.165) is 64.5 Å². The van der Waals surface area contributed by atoms with Gasteiger partial charge in [-0.3, -0.25) is 4.79 Å². The third-order valence-corrected chi connectivity index (χ3v) is 9.55. The lowest BCUT2D eigenvalue weighted by atomic mass is 9.79. The summed E-state index contributed by atoms with van der Waals surface area (Å²) < 4.78 is 12.9. The van der Waals surface area contributed by atoms with Gasteiger partial charge < -0.3 is 19.4 Å². The molecule has 2 aromatic heterocycles. The Morgan fingerprint density at radius 3 is 2.52 bits per heavy atom. The van der Waals surface area contributed by atoms with Crippen molar-refractivity contribution < 1.29 is 23.9 Å². The van der Waals surface area contributed by atoms with Crippen molar-refractivity contribution in [3.63, 3.8) is 0 Å². The summed E-state index contributed by atoms with van der Waals surface area (Å²) in [5.41, 5.74) is 8.18. The molecule has 1 aliphatic heterocycles. The van der Waals surface area contributed by atoms with Gasteiger partial charge >= 0.3 is 11.9 Å². The van der Waals surface area contributed by atoms with Crippen LogP contribution >= 0.6 is 11.3 Å². The smallest absolute Gasteiger partial charge is 0.341 e. The second-order valence-corrected chi connectivity index (χ2v) is 11.6. The molecular formula is C32H32N2O5S. The maximum absolute atomic E-state index is 13.9. The van der Waals surface area contributed by atoms with E-state index in [1.54, 1.807) is 11.3 Å². The van der Waals surface area contributed by atoms with E-state index in [9.17, 15) is 14.4 Å². The van der Waals surface area contributed by atoms with E-state index in [0.29, 0.717) is 34.6 Å². The lowest BCUT2D eigenvalue weighted by Gasteiger charge is -2.29. The summed E-state index contributed by atoms with van der Waals surface area (Å²) in [6, 6.07) is 9.56. The molecule has 0 unspecified atom stereocenters. The van der Waals surface area contributed by atoms with Crippen LogP contribution in [0.2, 0.25) is 0 Å². The Bertz CT molecular complexity index is 1670. The molecule has 40 heavy (non-hydrogen) atoms. The first-order valence-electron chi connectivity index (χ1n) is 13.7. The molecule has 1 N–H and O–H groups in total. The van der Waals surface area contributed by atoms with Gasteiger partial charge in [-0.2, -0.15) is 0 Å². The van der Waals surface area contributed by atoms with Gasteiger partial charge in [0.15, 0.2) is 5.78 Å². The Morgan fingerprint density at radius 2 is 1.80 bits per heavy atom. The van der Waals surface area contributed by atoms with Gasteiger partial charge in [0.2, 0.25) is 0 Å². The number of thiophene rings is 1. The molecule has 0 fully saturated rings. The van der Waals surface area contributed by atoms with Crippen LogP contribution in [0, 0.1) is 13.8 Å². The van der Waals surface area contributed by atoms with Crippen molar-refractivity contribution in [2.24, 2.45) is 0 Å². The molecule has 1 atom stereocenters. The summed E-state index contributed by atoms with van der Waals surface area (Å²) in [6.45, 7) is 7.97. The monoisotopic (exact) mass is 556 g/mol. The van der Waals surface area contributed by atoms with Gasteiger partial charge in [-0.1, -0.05) is 24.3 Å². The van der Waals surface area contributed by atoms with Gasteiger partial charge in [0, 0.05) is 38.7 Å². The predicted molar refractivity (Wildman–Crippen MR) is 154 cm³/mol. The molecule has 6 rings (SSSR count). The highest BCUT2D eigenvalue weighted by Crippen LogP contribution is 2.49. The van der Waals surface area contributed by atoms with E-state index in [4.69, 9.17) is 9.47 Å².